The fraction of sp³-hybridized carbons (Fsp3) is 0.435. The molecule has 1 aromatic carbocycles. The van der Waals surface area contributed by atoms with Crippen molar-refractivity contribution in [3.63, 3.8) is 0 Å². The fourth-order valence-electron chi connectivity index (χ4n) is 4.23. The van der Waals surface area contributed by atoms with E-state index in [1.165, 1.54) is 12.1 Å². The quantitative estimate of drug-likeness (QED) is 0.383. The summed E-state index contributed by atoms with van der Waals surface area (Å²) in [5, 5.41) is 5.14. The molecular weight excluding hydrogens is 449 g/mol. The van der Waals surface area contributed by atoms with Crippen LogP contribution in [0.4, 0.5) is 4.39 Å². The molecule has 3 heterocycles. The van der Waals surface area contributed by atoms with Gasteiger partial charge in [0.2, 0.25) is 0 Å². The molecule has 2 aromatic heterocycles. The lowest BCUT2D eigenvalue weighted by molar-refractivity contribution is 0.0450. The van der Waals surface area contributed by atoms with E-state index in [0.717, 1.165) is 18.5 Å². The van der Waals surface area contributed by atoms with Crippen molar-refractivity contribution < 1.29 is 27.1 Å². The maximum atomic E-state index is 13.7. The van der Waals surface area contributed by atoms with E-state index < -0.39 is 21.6 Å². The number of aromatic nitrogens is 3. The Morgan fingerprint density at radius 3 is 2.70 bits per heavy atom. The van der Waals surface area contributed by atoms with E-state index in [0.29, 0.717) is 28.7 Å². The summed E-state index contributed by atoms with van der Waals surface area (Å²) >= 11 is 0. The van der Waals surface area contributed by atoms with Gasteiger partial charge in [0, 0.05) is 11.6 Å². The highest BCUT2D eigenvalue weighted by molar-refractivity contribution is 7.91. The maximum absolute atomic E-state index is 13.7. The van der Waals surface area contributed by atoms with Gasteiger partial charge in [-0.1, -0.05) is 12.1 Å². The average molecular weight is 474 g/mol. The van der Waals surface area contributed by atoms with Crippen LogP contribution in [0.25, 0.3) is 11.0 Å². The van der Waals surface area contributed by atoms with E-state index in [1.54, 1.807) is 29.8 Å². The molecule has 0 radical (unpaired) electrons. The maximum Gasteiger partial charge on any atom is 0.339 e. The summed E-state index contributed by atoms with van der Waals surface area (Å²) in [6, 6.07) is 7.48. The number of fused-ring (bicyclic) bond motifs is 1. The van der Waals surface area contributed by atoms with Gasteiger partial charge < -0.3 is 9.47 Å². The van der Waals surface area contributed by atoms with Gasteiger partial charge in [0.1, 0.15) is 13.2 Å². The summed E-state index contributed by atoms with van der Waals surface area (Å²) in [5.74, 6) is -0.502. The number of para-hydroxylation sites is 1. The van der Waals surface area contributed by atoms with Crippen molar-refractivity contribution in [2.24, 2.45) is 0 Å². The smallest absolute Gasteiger partial charge is 0.339 e. The molecule has 5 rings (SSSR count). The highest BCUT2D eigenvalue weighted by Gasteiger charge is 2.34. The number of nitrogens with zero attached hydrogens (tertiary/aromatic N) is 3. The number of hydrogen-bond donors (Lipinski definition) is 0. The number of carbonyl (C=O) groups excluding carboxylic acids is 1. The van der Waals surface area contributed by atoms with Crippen LogP contribution in [0.1, 0.15) is 53.0 Å². The van der Waals surface area contributed by atoms with Crippen molar-refractivity contribution in [3.8, 4) is 5.75 Å². The highest BCUT2D eigenvalue weighted by atomic mass is 32.2. The number of pyridine rings is 1. The Morgan fingerprint density at radius 1 is 1.21 bits per heavy atom. The molecule has 1 aliphatic heterocycles. The van der Waals surface area contributed by atoms with Gasteiger partial charge in [0.25, 0.3) is 0 Å². The topological polar surface area (TPSA) is 100 Å². The molecule has 2 fully saturated rings. The lowest BCUT2D eigenvalue weighted by Crippen LogP contribution is -2.15. The van der Waals surface area contributed by atoms with Crippen LogP contribution >= 0.6 is 0 Å². The van der Waals surface area contributed by atoms with Crippen LogP contribution in [0, 0.1) is 12.7 Å². The molecule has 0 amide bonds. The van der Waals surface area contributed by atoms with Crippen LogP contribution < -0.4 is 4.74 Å². The molecule has 0 bridgehead atoms. The Hall–Kier alpha value is -3.01. The first-order chi connectivity index (χ1) is 15.8. The van der Waals surface area contributed by atoms with E-state index in [-0.39, 0.29) is 42.4 Å². The monoisotopic (exact) mass is 473 g/mol. The zero-order valence-electron chi connectivity index (χ0n) is 18.2. The summed E-state index contributed by atoms with van der Waals surface area (Å²) in [6.45, 7) is 1.73. The summed E-state index contributed by atoms with van der Waals surface area (Å²) in [7, 11) is -3.11. The molecule has 0 N–H and O–H groups in total. The normalized spacial score (nSPS) is 19.6. The molecule has 10 heteroatoms. The van der Waals surface area contributed by atoms with Gasteiger partial charge in [0.15, 0.2) is 27.1 Å². The van der Waals surface area contributed by atoms with Crippen molar-refractivity contribution in [2.45, 2.75) is 38.1 Å². The van der Waals surface area contributed by atoms with Gasteiger partial charge in [-0.3, -0.25) is 0 Å². The number of aryl methyl sites for hydroxylation is 1. The van der Waals surface area contributed by atoms with Gasteiger partial charge >= 0.3 is 5.97 Å². The standard InChI is InChI=1S/C23H24FN3O5S/c1-14-21-17(23(28)32-10-9-31-20-5-3-2-4-18(20)24)12-19(15-6-7-15)25-22(21)27(26-14)16-8-11-33(29,30)13-16/h2-5,12,15-16H,6-11,13H2,1H3. The van der Waals surface area contributed by atoms with Crippen LogP contribution in [0.3, 0.4) is 0 Å². The van der Waals surface area contributed by atoms with Gasteiger partial charge in [-0.25, -0.2) is 27.3 Å². The minimum atomic E-state index is -3.11. The average Bonchev–Trinajstić information content (AvgIpc) is 3.50. The summed E-state index contributed by atoms with van der Waals surface area (Å²) < 4.78 is 50.2. The number of benzene rings is 1. The first-order valence-electron chi connectivity index (χ1n) is 11.0. The molecule has 1 saturated carbocycles. The number of sulfone groups is 1. The van der Waals surface area contributed by atoms with Crippen LogP contribution in [-0.4, -0.2) is 53.9 Å². The number of halogens is 1. The van der Waals surface area contributed by atoms with Crippen LogP contribution in [0.5, 0.6) is 5.75 Å². The molecule has 174 valence electrons. The zero-order valence-corrected chi connectivity index (χ0v) is 19.0. The number of hydrogen-bond acceptors (Lipinski definition) is 7. The third kappa shape index (κ3) is 4.44. The van der Waals surface area contributed by atoms with Crippen molar-refractivity contribution in [1.82, 2.24) is 14.8 Å². The number of carbonyl (C=O) groups is 1. The van der Waals surface area contributed by atoms with Crippen LogP contribution in [0.15, 0.2) is 30.3 Å². The second kappa shape index (κ2) is 8.40. The lowest BCUT2D eigenvalue weighted by Gasteiger charge is -2.12. The Bertz CT molecular complexity index is 1330. The van der Waals surface area contributed by atoms with Crippen molar-refractivity contribution in [2.75, 3.05) is 24.7 Å². The molecule has 1 unspecified atom stereocenters. The molecule has 3 aromatic rings. The highest BCUT2D eigenvalue weighted by Crippen LogP contribution is 2.41. The van der Waals surface area contributed by atoms with E-state index in [2.05, 4.69) is 5.10 Å². The first kappa shape index (κ1) is 21.8. The Balaban J connectivity index is 1.40. The second-order valence-corrected chi connectivity index (χ2v) is 10.8. The SMILES string of the molecule is Cc1nn(C2CCS(=O)(=O)C2)c2nc(C3CC3)cc(C(=O)OCCOc3ccccc3F)c12. The molecule has 1 atom stereocenters. The molecular formula is C23H24FN3O5S. The molecule has 8 nitrogen and oxygen atoms in total. The van der Waals surface area contributed by atoms with Gasteiger partial charge in [-0.2, -0.15) is 5.10 Å². The molecule has 1 aliphatic carbocycles. The molecule has 0 spiro atoms. The fourth-order valence-corrected chi connectivity index (χ4v) is 5.92. The van der Waals surface area contributed by atoms with Crippen molar-refractivity contribution in [3.05, 3.63) is 53.1 Å². The van der Waals surface area contributed by atoms with E-state index >= 15 is 0 Å². The predicted octanol–water partition coefficient (Wildman–Crippen LogP) is 3.35. The number of esters is 1. The van der Waals surface area contributed by atoms with Crippen molar-refractivity contribution >= 4 is 26.8 Å². The van der Waals surface area contributed by atoms with Crippen LogP contribution in [-0.2, 0) is 14.6 Å². The summed E-state index contributed by atoms with van der Waals surface area (Å²) in [6.07, 6.45) is 2.46. The minimum Gasteiger partial charge on any atom is -0.487 e. The lowest BCUT2D eigenvalue weighted by atomic mass is 10.1. The number of ether oxygens (including phenoxy) is 2. The minimum absolute atomic E-state index is 0.00849. The van der Waals surface area contributed by atoms with Crippen molar-refractivity contribution in [1.29, 1.82) is 0 Å². The molecule has 2 aliphatic rings. The number of rotatable bonds is 7. The molecule has 1 saturated heterocycles. The predicted molar refractivity (Wildman–Crippen MR) is 119 cm³/mol. The van der Waals surface area contributed by atoms with E-state index in [4.69, 9.17) is 14.5 Å². The third-order valence-corrected chi connectivity index (χ3v) is 7.79. The van der Waals surface area contributed by atoms with E-state index in [9.17, 15) is 17.6 Å². The largest absolute Gasteiger partial charge is 0.487 e. The van der Waals surface area contributed by atoms with E-state index in [1.807, 2.05) is 0 Å². The Labute approximate surface area is 190 Å². The summed E-state index contributed by atoms with van der Waals surface area (Å²) in [4.78, 5) is 17.8. The molecule has 33 heavy (non-hydrogen) atoms. The third-order valence-electron chi connectivity index (χ3n) is 6.04. The Morgan fingerprint density at radius 2 is 2.00 bits per heavy atom. The summed E-state index contributed by atoms with van der Waals surface area (Å²) in [5.41, 5.74) is 2.27. The Kier molecular flexibility index (Phi) is 5.55. The van der Waals surface area contributed by atoms with Crippen LogP contribution in [0.2, 0.25) is 0 Å². The van der Waals surface area contributed by atoms with Gasteiger partial charge in [0.05, 0.1) is 34.2 Å². The second-order valence-electron chi connectivity index (χ2n) is 8.57. The van der Waals surface area contributed by atoms with Gasteiger partial charge in [-0.15, -0.1) is 0 Å². The van der Waals surface area contributed by atoms with Gasteiger partial charge in [-0.05, 0) is 44.4 Å². The zero-order chi connectivity index (χ0) is 23.2. The first-order valence-corrected chi connectivity index (χ1v) is 12.8.